The maximum absolute atomic E-state index is 13.7. The van der Waals surface area contributed by atoms with Gasteiger partial charge in [-0.05, 0) is 30.7 Å². The van der Waals surface area contributed by atoms with Crippen LogP contribution >= 0.6 is 7.60 Å². The highest BCUT2D eigenvalue weighted by Crippen LogP contribution is 2.53. The van der Waals surface area contributed by atoms with E-state index in [1.54, 1.807) is 60.7 Å². The lowest BCUT2D eigenvalue weighted by Gasteiger charge is -2.27. The molecule has 0 heterocycles. The summed E-state index contributed by atoms with van der Waals surface area (Å²) in [6, 6.07) is 16.3. The van der Waals surface area contributed by atoms with Crippen LogP contribution in [0.5, 0.6) is 11.5 Å². The van der Waals surface area contributed by atoms with E-state index in [1.807, 2.05) is 12.4 Å². The molecule has 9 heteroatoms. The van der Waals surface area contributed by atoms with Crippen LogP contribution in [0.25, 0.3) is 0 Å². The lowest BCUT2D eigenvalue weighted by molar-refractivity contribution is -0.145. The molecule has 28 heavy (non-hydrogen) atoms. The van der Waals surface area contributed by atoms with E-state index >= 15 is 0 Å². The molecule has 2 amide bonds. The van der Waals surface area contributed by atoms with E-state index in [0.717, 1.165) is 6.92 Å². The lowest BCUT2D eigenvalue weighted by atomic mass is 10.3. The molecule has 0 spiro atoms. The number of hydrogen-bond acceptors (Lipinski definition) is 6. The van der Waals surface area contributed by atoms with Crippen molar-refractivity contribution in [2.24, 2.45) is 0 Å². The summed E-state index contributed by atoms with van der Waals surface area (Å²) in [5.74, 6) is -0.991. The molecule has 0 aliphatic heterocycles. The number of benzene rings is 2. The first-order valence-corrected chi connectivity index (χ1v) is 10.4. The second-order valence-electron chi connectivity index (χ2n) is 5.82. The van der Waals surface area contributed by atoms with E-state index in [9.17, 15) is 14.2 Å². The van der Waals surface area contributed by atoms with Crippen LogP contribution in [0.3, 0.4) is 0 Å². The van der Waals surface area contributed by atoms with Gasteiger partial charge in [-0.3, -0.25) is 4.79 Å². The molecule has 8 nitrogen and oxygen atoms in total. The minimum Gasteiger partial charge on any atom is -0.415 e. The lowest BCUT2D eigenvalue weighted by Crippen LogP contribution is -2.43. The van der Waals surface area contributed by atoms with Gasteiger partial charge in [0.05, 0.1) is 0 Å². The first-order chi connectivity index (χ1) is 13.4. The molecule has 0 saturated heterocycles. The van der Waals surface area contributed by atoms with Gasteiger partial charge in [-0.1, -0.05) is 49.7 Å². The average Bonchev–Trinajstić information content (AvgIpc) is 2.67. The van der Waals surface area contributed by atoms with Crippen LogP contribution in [0, 0.1) is 0 Å². The average molecular weight is 406 g/mol. The summed E-state index contributed by atoms with van der Waals surface area (Å²) in [6.07, 6.45) is 0.906. The molecule has 2 aromatic rings. The van der Waals surface area contributed by atoms with Gasteiger partial charge in [-0.15, -0.1) is 0 Å². The fourth-order valence-electron chi connectivity index (χ4n) is 2.28. The van der Waals surface area contributed by atoms with Crippen LogP contribution in [0.1, 0.15) is 26.7 Å². The van der Waals surface area contributed by atoms with Gasteiger partial charge in [0.25, 0.3) is 0 Å². The van der Waals surface area contributed by atoms with Crippen LogP contribution in [0.2, 0.25) is 0 Å². The summed E-state index contributed by atoms with van der Waals surface area (Å²) in [4.78, 5) is 27.4. The van der Waals surface area contributed by atoms with Crippen LogP contribution in [-0.2, 0) is 14.2 Å². The van der Waals surface area contributed by atoms with E-state index in [0.29, 0.717) is 24.3 Å². The molecule has 2 aromatic carbocycles. The molecule has 0 aliphatic rings. The van der Waals surface area contributed by atoms with Gasteiger partial charge in [-0.2, -0.15) is 5.48 Å². The fourth-order valence-corrected chi connectivity index (χ4v) is 4.26. The van der Waals surface area contributed by atoms with E-state index < -0.39 is 25.4 Å². The Kier molecular flexibility index (Phi) is 7.89. The summed E-state index contributed by atoms with van der Waals surface area (Å²) >= 11 is 0. The molecular weight excluding hydrogens is 383 g/mol. The number of carbonyl (C=O) groups is 2. The number of urea groups is 1. The van der Waals surface area contributed by atoms with Crippen LogP contribution < -0.4 is 19.8 Å². The van der Waals surface area contributed by atoms with Gasteiger partial charge in [-0.25, -0.2) is 9.36 Å². The molecule has 150 valence electrons. The smallest absolute Gasteiger partial charge is 0.415 e. The molecule has 2 N–H and O–H groups in total. The third-order valence-corrected chi connectivity index (χ3v) is 5.56. The van der Waals surface area contributed by atoms with Gasteiger partial charge >= 0.3 is 19.6 Å². The van der Waals surface area contributed by atoms with E-state index in [2.05, 4.69) is 10.2 Å². The fraction of sp³-hybridized carbons (Fsp3) is 0.263. The van der Waals surface area contributed by atoms with Crippen molar-refractivity contribution in [3.8, 4) is 11.5 Å². The Morgan fingerprint density at radius 3 is 1.89 bits per heavy atom. The number of hydroxylamine groups is 1. The Bertz CT molecular complexity index is 770. The first kappa shape index (κ1) is 21.3. The number of nitrogens with one attached hydrogen (secondary N) is 2. The number of amides is 2. The maximum atomic E-state index is 13.7. The number of hydrogen-bond donors (Lipinski definition) is 2. The topological polar surface area (TPSA) is 103 Å². The molecule has 1 unspecified atom stereocenters. The van der Waals surface area contributed by atoms with Crippen molar-refractivity contribution in [2.75, 3.05) is 0 Å². The van der Waals surface area contributed by atoms with Crippen molar-refractivity contribution in [2.45, 2.75) is 32.5 Å². The maximum Gasteiger partial charge on any atom is 0.452 e. The van der Waals surface area contributed by atoms with E-state index in [1.165, 1.54) is 0 Å². The van der Waals surface area contributed by atoms with Crippen molar-refractivity contribution in [1.82, 2.24) is 10.8 Å². The summed E-state index contributed by atoms with van der Waals surface area (Å²) in [5.41, 5.74) is 1.94. The van der Waals surface area contributed by atoms with Gasteiger partial charge in [0.1, 0.15) is 11.5 Å². The Morgan fingerprint density at radius 2 is 1.46 bits per heavy atom. The Hall–Kier alpha value is -2.99. The van der Waals surface area contributed by atoms with E-state index in [-0.39, 0.29) is 0 Å². The standard InChI is InChI=1S/C19H23N2O6P/c1-3-10-18(20-19(23)21-25-15(2)22)28(24,26-16-11-6-4-7-12-16)27-17-13-8-5-9-14-17/h4-9,11-14,18H,3,10H2,1-2H3,(H2,20,21,23). The SMILES string of the molecule is CCCC(NC(=O)NOC(C)=O)P(=O)(Oc1ccccc1)Oc1ccccc1. The molecular formula is C19H23N2O6P. The highest BCUT2D eigenvalue weighted by atomic mass is 31.2. The van der Waals surface area contributed by atoms with Crippen molar-refractivity contribution in [1.29, 1.82) is 0 Å². The number of rotatable bonds is 8. The van der Waals surface area contributed by atoms with Crippen molar-refractivity contribution in [3.63, 3.8) is 0 Å². The quantitative estimate of drug-likeness (QED) is 0.502. The van der Waals surface area contributed by atoms with Crippen molar-refractivity contribution in [3.05, 3.63) is 60.7 Å². The molecule has 0 aliphatic carbocycles. The van der Waals surface area contributed by atoms with Crippen LogP contribution in [-0.4, -0.2) is 17.8 Å². The summed E-state index contributed by atoms with van der Waals surface area (Å²) < 4.78 is 25.2. The molecule has 1 atom stereocenters. The Labute approximate surface area is 163 Å². The summed E-state index contributed by atoms with van der Waals surface area (Å²) in [6.45, 7) is 3.01. The largest absolute Gasteiger partial charge is 0.452 e. The zero-order chi connectivity index (χ0) is 20.4. The zero-order valence-corrected chi connectivity index (χ0v) is 16.6. The zero-order valence-electron chi connectivity index (χ0n) is 15.7. The molecule has 0 fully saturated rings. The highest BCUT2D eigenvalue weighted by molar-refractivity contribution is 7.55. The van der Waals surface area contributed by atoms with Gasteiger partial charge in [0.15, 0.2) is 5.78 Å². The summed E-state index contributed by atoms with van der Waals surface area (Å²) in [7, 11) is -3.90. The van der Waals surface area contributed by atoms with Crippen LogP contribution in [0.15, 0.2) is 60.7 Å². The van der Waals surface area contributed by atoms with E-state index in [4.69, 9.17) is 9.05 Å². The van der Waals surface area contributed by atoms with Gasteiger partial charge < -0.3 is 19.2 Å². The first-order valence-electron chi connectivity index (χ1n) is 8.76. The highest BCUT2D eigenvalue weighted by Gasteiger charge is 2.40. The minimum absolute atomic E-state index is 0.310. The monoisotopic (exact) mass is 406 g/mol. The minimum atomic E-state index is -3.90. The molecule has 0 bridgehead atoms. The second-order valence-corrected chi connectivity index (χ2v) is 7.89. The van der Waals surface area contributed by atoms with Gasteiger partial charge in [0, 0.05) is 6.92 Å². The van der Waals surface area contributed by atoms with Gasteiger partial charge in [0.2, 0.25) is 0 Å². The molecule has 2 rings (SSSR count). The predicted octanol–water partition coefficient (Wildman–Crippen LogP) is 4.24. The Morgan fingerprint density at radius 1 is 0.964 bits per heavy atom. The molecule has 0 aromatic heterocycles. The third kappa shape index (κ3) is 6.63. The van der Waals surface area contributed by atoms with Crippen LogP contribution in [0.4, 0.5) is 4.79 Å². The molecule has 0 saturated carbocycles. The normalized spacial score (nSPS) is 11.8. The number of para-hydroxylation sites is 2. The third-order valence-electron chi connectivity index (χ3n) is 3.48. The predicted molar refractivity (Wildman–Crippen MR) is 104 cm³/mol. The number of carbonyl (C=O) groups excluding carboxylic acids is 2. The van der Waals surface area contributed by atoms with Crippen molar-refractivity contribution < 1.29 is 28.0 Å². The second kappa shape index (κ2) is 10.4. The Balaban J connectivity index is 2.28. The molecule has 0 radical (unpaired) electrons. The summed E-state index contributed by atoms with van der Waals surface area (Å²) in [5, 5.41) is 2.51. The van der Waals surface area contributed by atoms with Crippen molar-refractivity contribution >= 4 is 19.6 Å².